The molecule has 7 heteroatoms. The molecule has 2 aliphatic heterocycles. The van der Waals surface area contributed by atoms with Crippen molar-refractivity contribution in [3.05, 3.63) is 71.0 Å². The van der Waals surface area contributed by atoms with Gasteiger partial charge in [0.2, 0.25) is 0 Å². The molecule has 156 valence electrons. The SMILES string of the molecule is N#Cc1ccc(C(=O)NCCN2CC3CN(Cc4ccc(F)cc4)CC(C2)O3)cc1. The molecule has 1 N–H and O–H groups in total. The van der Waals surface area contributed by atoms with Crippen LogP contribution in [0.25, 0.3) is 0 Å². The van der Waals surface area contributed by atoms with E-state index in [1.165, 1.54) is 12.1 Å². The maximum absolute atomic E-state index is 13.1. The molecule has 6 nitrogen and oxygen atoms in total. The van der Waals surface area contributed by atoms with Gasteiger partial charge in [-0.1, -0.05) is 12.1 Å². The molecule has 2 aromatic carbocycles. The molecule has 0 saturated carbocycles. The molecule has 0 aromatic heterocycles. The van der Waals surface area contributed by atoms with Gasteiger partial charge >= 0.3 is 0 Å². The fourth-order valence-electron chi connectivity index (χ4n) is 4.15. The Labute approximate surface area is 175 Å². The molecule has 2 saturated heterocycles. The summed E-state index contributed by atoms with van der Waals surface area (Å²) in [5, 5.41) is 11.8. The van der Waals surface area contributed by atoms with E-state index in [0.29, 0.717) is 17.7 Å². The van der Waals surface area contributed by atoms with Gasteiger partial charge in [-0.3, -0.25) is 14.6 Å². The second-order valence-corrected chi connectivity index (χ2v) is 7.91. The summed E-state index contributed by atoms with van der Waals surface area (Å²) in [6.07, 6.45) is 0.291. The normalized spacial score (nSPS) is 21.7. The number of nitrogens with one attached hydrogen (secondary N) is 1. The number of nitrogens with zero attached hydrogens (tertiary/aromatic N) is 3. The number of fused-ring (bicyclic) bond motifs is 2. The highest BCUT2D eigenvalue weighted by Gasteiger charge is 2.34. The predicted molar refractivity (Wildman–Crippen MR) is 110 cm³/mol. The minimum Gasteiger partial charge on any atom is -0.370 e. The third-order valence-corrected chi connectivity index (χ3v) is 5.54. The monoisotopic (exact) mass is 408 g/mol. The quantitative estimate of drug-likeness (QED) is 0.792. The Morgan fingerprint density at radius 3 is 2.30 bits per heavy atom. The van der Waals surface area contributed by atoms with Gasteiger partial charge in [0, 0.05) is 51.4 Å². The number of benzene rings is 2. The lowest BCUT2D eigenvalue weighted by atomic mass is 10.1. The molecule has 2 bridgehead atoms. The number of hydrogen-bond donors (Lipinski definition) is 1. The molecule has 2 aliphatic rings. The van der Waals surface area contributed by atoms with E-state index in [-0.39, 0.29) is 23.9 Å². The van der Waals surface area contributed by atoms with Crippen molar-refractivity contribution in [1.29, 1.82) is 5.26 Å². The third kappa shape index (κ3) is 5.22. The Balaban J connectivity index is 1.22. The molecule has 0 radical (unpaired) electrons. The summed E-state index contributed by atoms with van der Waals surface area (Å²) in [7, 11) is 0. The van der Waals surface area contributed by atoms with Crippen molar-refractivity contribution in [2.75, 3.05) is 39.3 Å². The van der Waals surface area contributed by atoms with Crippen molar-refractivity contribution in [3.8, 4) is 6.07 Å². The van der Waals surface area contributed by atoms with Crippen molar-refractivity contribution in [2.24, 2.45) is 0 Å². The molecule has 4 rings (SSSR count). The summed E-state index contributed by atoms with van der Waals surface area (Å²) < 4.78 is 19.2. The van der Waals surface area contributed by atoms with E-state index >= 15 is 0 Å². The molecule has 2 fully saturated rings. The number of nitriles is 1. The topological polar surface area (TPSA) is 68.6 Å². The van der Waals surface area contributed by atoms with E-state index in [1.807, 2.05) is 18.2 Å². The molecule has 30 heavy (non-hydrogen) atoms. The maximum atomic E-state index is 13.1. The Kier molecular flexibility index (Phi) is 6.38. The van der Waals surface area contributed by atoms with Gasteiger partial charge in [0.1, 0.15) is 5.82 Å². The van der Waals surface area contributed by atoms with Crippen LogP contribution in [0.1, 0.15) is 21.5 Å². The van der Waals surface area contributed by atoms with Gasteiger partial charge < -0.3 is 10.1 Å². The van der Waals surface area contributed by atoms with E-state index in [9.17, 15) is 9.18 Å². The fraction of sp³-hybridized carbons (Fsp3) is 0.391. The average Bonchev–Trinajstić information content (AvgIpc) is 2.75. The van der Waals surface area contributed by atoms with Crippen molar-refractivity contribution in [1.82, 2.24) is 15.1 Å². The van der Waals surface area contributed by atoms with Crippen LogP contribution in [-0.2, 0) is 11.3 Å². The zero-order valence-electron chi connectivity index (χ0n) is 16.8. The van der Waals surface area contributed by atoms with E-state index in [4.69, 9.17) is 10.00 Å². The highest BCUT2D eigenvalue weighted by Crippen LogP contribution is 2.20. The number of halogens is 1. The lowest BCUT2D eigenvalue weighted by Gasteiger charge is -2.46. The zero-order valence-corrected chi connectivity index (χ0v) is 16.8. The summed E-state index contributed by atoms with van der Waals surface area (Å²) in [4.78, 5) is 17.0. The smallest absolute Gasteiger partial charge is 0.251 e. The van der Waals surface area contributed by atoms with E-state index in [0.717, 1.165) is 44.8 Å². The van der Waals surface area contributed by atoms with Crippen LogP contribution in [0, 0.1) is 17.1 Å². The Hall–Kier alpha value is -2.79. The average molecular weight is 408 g/mol. The maximum Gasteiger partial charge on any atom is 0.251 e. The predicted octanol–water partition coefficient (Wildman–Crippen LogP) is 2.01. The molecule has 2 heterocycles. The molecular weight excluding hydrogens is 383 g/mol. The summed E-state index contributed by atoms with van der Waals surface area (Å²) in [6.45, 7) is 5.52. The Morgan fingerprint density at radius 2 is 1.67 bits per heavy atom. The van der Waals surface area contributed by atoms with E-state index < -0.39 is 0 Å². The van der Waals surface area contributed by atoms with Crippen LogP contribution in [0.4, 0.5) is 4.39 Å². The van der Waals surface area contributed by atoms with E-state index in [2.05, 4.69) is 15.1 Å². The lowest BCUT2D eigenvalue weighted by molar-refractivity contribution is -0.139. The molecule has 1 amide bonds. The first kappa shape index (κ1) is 20.5. The second-order valence-electron chi connectivity index (χ2n) is 7.91. The largest absolute Gasteiger partial charge is 0.370 e. The number of hydrogen-bond acceptors (Lipinski definition) is 5. The van der Waals surface area contributed by atoms with Crippen LogP contribution in [0.2, 0.25) is 0 Å². The molecule has 2 atom stereocenters. The summed E-state index contributed by atoms with van der Waals surface area (Å²) in [5.41, 5.74) is 2.21. The summed E-state index contributed by atoms with van der Waals surface area (Å²) >= 11 is 0. The lowest BCUT2D eigenvalue weighted by Crippen LogP contribution is -2.59. The van der Waals surface area contributed by atoms with Crippen molar-refractivity contribution < 1.29 is 13.9 Å². The van der Waals surface area contributed by atoms with Crippen molar-refractivity contribution >= 4 is 5.91 Å². The van der Waals surface area contributed by atoms with Gasteiger partial charge in [0.05, 0.1) is 23.8 Å². The molecular formula is C23H25FN4O2. The standard InChI is InChI=1S/C23H25FN4O2/c24-20-7-3-18(4-8-20)12-28-15-21-13-27(14-22(16-28)30-21)10-9-26-23(29)19-5-1-17(11-25)2-6-19/h1-8,21-22H,9-10,12-16H2,(H,26,29). The van der Waals surface area contributed by atoms with Crippen molar-refractivity contribution in [3.63, 3.8) is 0 Å². The van der Waals surface area contributed by atoms with Crippen molar-refractivity contribution in [2.45, 2.75) is 18.8 Å². The van der Waals surface area contributed by atoms with Gasteiger partial charge in [-0.15, -0.1) is 0 Å². The van der Waals surface area contributed by atoms with Gasteiger partial charge in [-0.25, -0.2) is 4.39 Å². The minimum absolute atomic E-state index is 0.126. The minimum atomic E-state index is -0.209. The highest BCUT2D eigenvalue weighted by atomic mass is 19.1. The van der Waals surface area contributed by atoms with Gasteiger partial charge in [-0.2, -0.15) is 5.26 Å². The van der Waals surface area contributed by atoms with Crippen LogP contribution in [-0.4, -0.2) is 67.2 Å². The first-order chi connectivity index (χ1) is 14.6. The van der Waals surface area contributed by atoms with Gasteiger partial charge in [-0.05, 0) is 42.0 Å². The molecule has 0 spiro atoms. The van der Waals surface area contributed by atoms with E-state index in [1.54, 1.807) is 24.3 Å². The fourth-order valence-corrected chi connectivity index (χ4v) is 4.15. The van der Waals surface area contributed by atoms with Gasteiger partial charge in [0.25, 0.3) is 5.91 Å². The molecule has 0 aliphatic carbocycles. The van der Waals surface area contributed by atoms with Gasteiger partial charge in [0.15, 0.2) is 0 Å². The molecule has 2 unspecified atom stereocenters. The molecule has 2 aromatic rings. The van der Waals surface area contributed by atoms with Crippen LogP contribution >= 0.6 is 0 Å². The first-order valence-corrected chi connectivity index (χ1v) is 10.2. The number of morpholine rings is 2. The number of rotatable bonds is 6. The highest BCUT2D eigenvalue weighted by molar-refractivity contribution is 5.94. The zero-order chi connectivity index (χ0) is 20.9. The number of ether oxygens (including phenoxy) is 1. The Bertz CT molecular complexity index is 896. The first-order valence-electron chi connectivity index (χ1n) is 10.2. The Morgan fingerprint density at radius 1 is 1.03 bits per heavy atom. The second kappa shape index (κ2) is 9.35. The van der Waals surface area contributed by atoms with Crippen LogP contribution < -0.4 is 5.32 Å². The summed E-state index contributed by atoms with van der Waals surface area (Å²) in [6, 6.07) is 15.4. The number of amides is 1. The number of carbonyl (C=O) groups excluding carboxylic acids is 1. The third-order valence-electron chi connectivity index (χ3n) is 5.54. The van der Waals surface area contributed by atoms with Crippen LogP contribution in [0.3, 0.4) is 0 Å². The summed E-state index contributed by atoms with van der Waals surface area (Å²) in [5.74, 6) is -0.335. The number of carbonyl (C=O) groups is 1. The van der Waals surface area contributed by atoms with Crippen LogP contribution in [0.5, 0.6) is 0 Å². The van der Waals surface area contributed by atoms with Crippen LogP contribution in [0.15, 0.2) is 48.5 Å².